The van der Waals surface area contributed by atoms with Crippen molar-refractivity contribution in [3.05, 3.63) is 0 Å². The average Bonchev–Trinajstić information content (AvgIpc) is 2.50. The van der Waals surface area contributed by atoms with E-state index in [0.717, 1.165) is 30.6 Å². The molecule has 16 heavy (non-hydrogen) atoms. The van der Waals surface area contributed by atoms with Crippen LogP contribution in [0.1, 0.15) is 32.1 Å². The minimum Gasteiger partial charge on any atom is -0.481 e. The van der Waals surface area contributed by atoms with Gasteiger partial charge in [0.2, 0.25) is 11.8 Å². The molecule has 5 nitrogen and oxygen atoms in total. The quantitative estimate of drug-likeness (QED) is 0.715. The average molecular weight is 225 g/mol. The molecule has 1 aliphatic heterocycles. The fraction of sp³-hybridized carbons (Fsp3) is 0.727. The number of imide groups is 1. The van der Waals surface area contributed by atoms with Crippen LogP contribution in [-0.4, -0.2) is 34.3 Å². The van der Waals surface area contributed by atoms with E-state index in [0.29, 0.717) is 0 Å². The van der Waals surface area contributed by atoms with Crippen LogP contribution in [0, 0.1) is 11.8 Å². The number of amides is 2. The highest BCUT2D eigenvalue weighted by atomic mass is 16.4. The van der Waals surface area contributed by atoms with E-state index in [1.165, 1.54) is 0 Å². The lowest BCUT2D eigenvalue weighted by Gasteiger charge is -2.19. The minimum atomic E-state index is -0.976. The zero-order valence-corrected chi connectivity index (χ0v) is 9.02. The molecule has 0 bridgehead atoms. The van der Waals surface area contributed by atoms with Crippen molar-refractivity contribution in [1.82, 2.24) is 4.90 Å². The molecule has 1 heterocycles. The second-order valence-electron chi connectivity index (χ2n) is 4.47. The maximum Gasteiger partial charge on any atom is 0.305 e. The van der Waals surface area contributed by atoms with Gasteiger partial charge in [-0.15, -0.1) is 0 Å². The molecule has 1 saturated heterocycles. The van der Waals surface area contributed by atoms with E-state index >= 15 is 0 Å². The second-order valence-corrected chi connectivity index (χ2v) is 4.47. The molecule has 1 saturated carbocycles. The van der Waals surface area contributed by atoms with E-state index in [-0.39, 0.29) is 36.6 Å². The van der Waals surface area contributed by atoms with Crippen molar-refractivity contribution in [3.8, 4) is 0 Å². The first kappa shape index (κ1) is 11.1. The number of rotatable bonds is 3. The van der Waals surface area contributed by atoms with Gasteiger partial charge < -0.3 is 5.11 Å². The van der Waals surface area contributed by atoms with Gasteiger partial charge in [-0.25, -0.2) is 0 Å². The van der Waals surface area contributed by atoms with Crippen LogP contribution in [-0.2, 0) is 14.4 Å². The van der Waals surface area contributed by atoms with Crippen molar-refractivity contribution in [1.29, 1.82) is 0 Å². The first-order valence-electron chi connectivity index (χ1n) is 5.68. The Morgan fingerprint density at radius 1 is 1.19 bits per heavy atom. The number of nitrogens with zero attached hydrogens (tertiary/aromatic N) is 1. The summed E-state index contributed by atoms with van der Waals surface area (Å²) in [6.07, 6.45) is 3.38. The molecule has 1 N–H and O–H groups in total. The molecule has 88 valence electrons. The van der Waals surface area contributed by atoms with Crippen molar-refractivity contribution in [2.24, 2.45) is 11.8 Å². The predicted molar refractivity (Wildman–Crippen MR) is 54.4 cm³/mol. The summed E-state index contributed by atoms with van der Waals surface area (Å²) in [5.41, 5.74) is 0. The van der Waals surface area contributed by atoms with Crippen LogP contribution >= 0.6 is 0 Å². The Kier molecular flexibility index (Phi) is 2.94. The molecule has 0 aromatic heterocycles. The van der Waals surface area contributed by atoms with Crippen LogP contribution in [0.3, 0.4) is 0 Å². The lowest BCUT2D eigenvalue weighted by Crippen LogP contribution is -2.33. The first-order valence-corrected chi connectivity index (χ1v) is 5.68. The molecular weight excluding hydrogens is 210 g/mol. The minimum absolute atomic E-state index is 0.0278. The van der Waals surface area contributed by atoms with E-state index in [9.17, 15) is 14.4 Å². The summed E-state index contributed by atoms with van der Waals surface area (Å²) in [6.45, 7) is 0.0278. The van der Waals surface area contributed by atoms with Crippen LogP contribution in [0.15, 0.2) is 0 Å². The highest BCUT2D eigenvalue weighted by Gasteiger charge is 2.47. The van der Waals surface area contributed by atoms with E-state index in [2.05, 4.69) is 0 Å². The van der Waals surface area contributed by atoms with E-state index in [4.69, 9.17) is 5.11 Å². The van der Waals surface area contributed by atoms with Crippen LogP contribution in [0.25, 0.3) is 0 Å². The topological polar surface area (TPSA) is 74.7 Å². The number of carbonyl (C=O) groups is 3. The van der Waals surface area contributed by atoms with Gasteiger partial charge in [-0.3, -0.25) is 19.3 Å². The number of carbonyl (C=O) groups excluding carboxylic acids is 2. The summed E-state index contributed by atoms with van der Waals surface area (Å²) >= 11 is 0. The predicted octanol–water partition coefficient (Wildman–Crippen LogP) is 0.636. The number of aliphatic carboxylic acids is 1. The summed E-state index contributed by atoms with van der Waals surface area (Å²) < 4.78 is 0. The van der Waals surface area contributed by atoms with E-state index < -0.39 is 5.97 Å². The molecule has 0 aromatic rings. The van der Waals surface area contributed by atoms with Crippen LogP contribution in [0.2, 0.25) is 0 Å². The molecule has 0 radical (unpaired) electrons. The van der Waals surface area contributed by atoms with Gasteiger partial charge >= 0.3 is 5.97 Å². The van der Waals surface area contributed by atoms with E-state index in [1.54, 1.807) is 0 Å². The van der Waals surface area contributed by atoms with Gasteiger partial charge in [0.1, 0.15) is 0 Å². The molecule has 1 aliphatic carbocycles. The van der Waals surface area contributed by atoms with E-state index in [1.807, 2.05) is 0 Å². The molecule has 2 fully saturated rings. The summed E-state index contributed by atoms with van der Waals surface area (Å²) in [5.74, 6) is -1.63. The monoisotopic (exact) mass is 225 g/mol. The fourth-order valence-electron chi connectivity index (χ4n) is 2.66. The van der Waals surface area contributed by atoms with Crippen molar-refractivity contribution in [3.63, 3.8) is 0 Å². The molecule has 2 atom stereocenters. The Bertz CT molecular complexity index is 315. The molecule has 2 aliphatic rings. The number of hydrogen-bond donors (Lipinski definition) is 1. The Balaban J connectivity index is 2.06. The fourth-order valence-corrected chi connectivity index (χ4v) is 2.66. The summed E-state index contributed by atoms with van der Waals surface area (Å²) in [4.78, 5) is 35.3. The Morgan fingerprint density at radius 2 is 1.69 bits per heavy atom. The third-order valence-corrected chi connectivity index (χ3v) is 3.48. The Hall–Kier alpha value is -1.39. The number of fused-ring (bicyclic) bond motifs is 1. The zero-order valence-electron chi connectivity index (χ0n) is 9.02. The Labute approximate surface area is 93.4 Å². The zero-order chi connectivity index (χ0) is 11.7. The van der Waals surface area contributed by atoms with Crippen LogP contribution in [0.4, 0.5) is 0 Å². The van der Waals surface area contributed by atoms with Gasteiger partial charge in [0, 0.05) is 6.54 Å². The number of carboxylic acid groups (broad SMARTS) is 1. The molecule has 0 unspecified atom stereocenters. The molecule has 0 aromatic carbocycles. The largest absolute Gasteiger partial charge is 0.481 e. The van der Waals surface area contributed by atoms with Crippen molar-refractivity contribution < 1.29 is 19.5 Å². The van der Waals surface area contributed by atoms with Gasteiger partial charge in [-0.05, 0) is 12.8 Å². The van der Waals surface area contributed by atoms with Crippen LogP contribution < -0.4 is 0 Å². The molecule has 5 heteroatoms. The number of carboxylic acids is 1. The van der Waals surface area contributed by atoms with Gasteiger partial charge in [-0.2, -0.15) is 0 Å². The van der Waals surface area contributed by atoms with Gasteiger partial charge in [0.05, 0.1) is 18.3 Å². The standard InChI is InChI=1S/C11H15NO4/c13-9(14)5-6-12-10(15)7-3-1-2-4-8(7)11(12)16/h7-8H,1-6H2,(H,13,14)/t7-,8-/m1/s1. The Morgan fingerprint density at radius 3 is 2.12 bits per heavy atom. The smallest absolute Gasteiger partial charge is 0.305 e. The SMILES string of the molecule is O=C(O)CCN1C(=O)[C@@H]2CCCC[C@H]2C1=O. The normalized spacial score (nSPS) is 29.4. The highest BCUT2D eigenvalue weighted by Crippen LogP contribution is 2.37. The summed E-state index contributed by atoms with van der Waals surface area (Å²) in [7, 11) is 0. The van der Waals surface area contributed by atoms with Crippen molar-refractivity contribution in [2.75, 3.05) is 6.54 Å². The first-order chi connectivity index (χ1) is 7.61. The number of likely N-dealkylation sites (tertiary alicyclic amines) is 1. The maximum absolute atomic E-state index is 11.9. The molecule has 2 rings (SSSR count). The molecular formula is C11H15NO4. The number of hydrogen-bond acceptors (Lipinski definition) is 3. The van der Waals surface area contributed by atoms with Crippen molar-refractivity contribution >= 4 is 17.8 Å². The molecule has 0 spiro atoms. The summed E-state index contributed by atoms with van der Waals surface area (Å²) in [6, 6.07) is 0. The van der Waals surface area contributed by atoms with Crippen LogP contribution in [0.5, 0.6) is 0 Å². The van der Waals surface area contributed by atoms with Gasteiger partial charge in [-0.1, -0.05) is 12.8 Å². The third kappa shape index (κ3) is 1.81. The third-order valence-electron chi connectivity index (χ3n) is 3.48. The maximum atomic E-state index is 11.9. The molecule has 2 amide bonds. The highest BCUT2D eigenvalue weighted by molar-refractivity contribution is 6.05. The summed E-state index contributed by atoms with van der Waals surface area (Å²) in [5, 5.41) is 8.56. The second kappa shape index (κ2) is 4.23. The lowest BCUT2D eigenvalue weighted by molar-refractivity contribution is -0.142. The van der Waals surface area contributed by atoms with Gasteiger partial charge in [0.25, 0.3) is 0 Å². The van der Waals surface area contributed by atoms with Crippen molar-refractivity contribution in [2.45, 2.75) is 32.1 Å². The lowest BCUT2D eigenvalue weighted by atomic mass is 9.81. The van der Waals surface area contributed by atoms with Gasteiger partial charge in [0.15, 0.2) is 0 Å².